The molecule has 0 saturated carbocycles. The number of hydrogen-bond donors (Lipinski definition) is 0. The van der Waals surface area contributed by atoms with Gasteiger partial charge in [-0.25, -0.2) is 0 Å². The van der Waals surface area contributed by atoms with E-state index in [2.05, 4.69) is 48.1 Å². The fourth-order valence-corrected chi connectivity index (χ4v) is 7.77. The van der Waals surface area contributed by atoms with Gasteiger partial charge < -0.3 is 13.3 Å². The number of rotatable bonds is 6. The van der Waals surface area contributed by atoms with E-state index in [0.29, 0.717) is 6.42 Å². The van der Waals surface area contributed by atoms with Gasteiger partial charge in [0, 0.05) is 14.2 Å². The molecule has 0 aliphatic heterocycles. The molecule has 1 radical (unpaired) electrons. The lowest BCUT2D eigenvalue weighted by Crippen LogP contribution is -2.55. The Morgan fingerprint density at radius 3 is 1.55 bits per heavy atom. The third-order valence-electron chi connectivity index (χ3n) is 5.14. The summed E-state index contributed by atoms with van der Waals surface area (Å²) >= 11 is 0. The van der Waals surface area contributed by atoms with Crippen molar-refractivity contribution in [1.82, 2.24) is 0 Å². The second-order valence-corrected chi connectivity index (χ2v) is 16.1. The third-order valence-corrected chi connectivity index (χ3v) is 13.7. The van der Waals surface area contributed by atoms with Crippen molar-refractivity contribution in [2.45, 2.75) is 83.5 Å². The van der Waals surface area contributed by atoms with Crippen LogP contribution < -0.4 is 0 Å². The van der Waals surface area contributed by atoms with Crippen LogP contribution in [-0.2, 0) is 18.1 Å². The maximum atomic E-state index is 13.0. The van der Waals surface area contributed by atoms with E-state index in [-0.39, 0.29) is 16.0 Å². The van der Waals surface area contributed by atoms with Crippen LogP contribution >= 0.6 is 0 Å². The first-order valence-corrected chi connectivity index (χ1v) is 11.6. The lowest BCUT2D eigenvalue weighted by molar-refractivity contribution is -0.140. The number of carbonyl (C=O) groups excluding carboxylic acids is 1. The van der Waals surface area contributed by atoms with Gasteiger partial charge >= 0.3 is 9.28 Å². The first-order chi connectivity index (χ1) is 9.71. The Balaban J connectivity index is 5.71. The molecule has 0 aliphatic carbocycles. The highest BCUT2D eigenvalue weighted by molar-refractivity contribution is 6.79. The molecule has 0 amide bonds. The van der Waals surface area contributed by atoms with E-state index in [0.717, 1.165) is 0 Å². The summed E-state index contributed by atoms with van der Waals surface area (Å²) in [6.45, 7) is 19.0. The molecule has 0 aromatic rings. The molecule has 1 unspecified atom stereocenters. The molecular weight excluding hydrogens is 312 g/mol. The fraction of sp³-hybridized carbons (Fsp3) is 0.938. The molecule has 0 saturated heterocycles. The maximum Gasteiger partial charge on any atom is 0.402 e. The predicted octanol–water partition coefficient (Wildman–Crippen LogP) is 4.66. The highest BCUT2D eigenvalue weighted by Crippen LogP contribution is 2.53. The lowest BCUT2D eigenvalue weighted by Gasteiger charge is -2.49. The quantitative estimate of drug-likeness (QED) is 0.656. The van der Waals surface area contributed by atoms with Crippen molar-refractivity contribution in [3.63, 3.8) is 0 Å². The summed E-state index contributed by atoms with van der Waals surface area (Å²) in [6.07, 6.45) is 0.639. The van der Waals surface area contributed by atoms with Gasteiger partial charge in [-0.05, 0) is 30.0 Å². The molecule has 0 aliphatic rings. The summed E-state index contributed by atoms with van der Waals surface area (Å²) in [6, 6.07) is 0. The number of carbonyl (C=O) groups is 1. The molecule has 0 fully saturated rings. The Morgan fingerprint density at radius 1 is 0.955 bits per heavy atom. The fourth-order valence-electron chi connectivity index (χ4n) is 2.64. The van der Waals surface area contributed by atoms with Crippen LogP contribution in [0.2, 0.25) is 21.7 Å². The van der Waals surface area contributed by atoms with Crippen molar-refractivity contribution < 1.29 is 18.1 Å². The topological polar surface area (TPSA) is 44.8 Å². The van der Waals surface area contributed by atoms with E-state index in [4.69, 9.17) is 13.3 Å². The molecule has 1 atom stereocenters. The summed E-state index contributed by atoms with van der Waals surface area (Å²) in [4.78, 5) is 13.0. The van der Waals surface area contributed by atoms with Crippen molar-refractivity contribution in [3.8, 4) is 0 Å². The molecule has 0 heterocycles. The van der Waals surface area contributed by atoms with Crippen molar-refractivity contribution in [1.29, 1.82) is 0 Å². The van der Waals surface area contributed by atoms with Gasteiger partial charge in [0.05, 0.1) is 0 Å². The Hall–Kier alpha value is -0.176. The summed E-state index contributed by atoms with van der Waals surface area (Å²) in [5.41, 5.74) is 0. The second kappa shape index (κ2) is 7.15. The summed E-state index contributed by atoms with van der Waals surface area (Å²) in [7, 11) is -0.881. The molecule has 4 nitrogen and oxygen atoms in total. The zero-order valence-corrected chi connectivity index (χ0v) is 18.3. The largest absolute Gasteiger partial charge is 0.518 e. The minimum Gasteiger partial charge on any atom is -0.518 e. The first kappa shape index (κ1) is 21.8. The van der Waals surface area contributed by atoms with Gasteiger partial charge in [-0.1, -0.05) is 48.5 Å². The van der Waals surface area contributed by atoms with Crippen molar-refractivity contribution in [3.05, 3.63) is 0 Å². The minimum absolute atomic E-state index is 0.0530. The Bertz CT molecular complexity index is 367. The van der Waals surface area contributed by atoms with Gasteiger partial charge in [-0.15, -0.1) is 0 Å². The predicted molar refractivity (Wildman–Crippen MR) is 95.6 cm³/mol. The maximum absolute atomic E-state index is 13.0. The van der Waals surface area contributed by atoms with Crippen LogP contribution in [0.5, 0.6) is 0 Å². The van der Waals surface area contributed by atoms with E-state index in [9.17, 15) is 4.79 Å². The average molecular weight is 348 g/mol. The average Bonchev–Trinajstić information content (AvgIpc) is 2.36. The van der Waals surface area contributed by atoms with Crippen molar-refractivity contribution in [2.24, 2.45) is 0 Å². The second-order valence-electron chi connectivity index (χ2n) is 8.30. The smallest absolute Gasteiger partial charge is 0.402 e. The first-order valence-electron chi connectivity index (χ1n) is 7.90. The SMILES string of the molecule is CCC(C)(C(=O)O[Si](C)(C(C)(C)C)C(C)(C)C)[Si](OC)OC. The Kier molecular flexibility index (Phi) is 7.10. The molecule has 0 N–H and O–H groups in total. The third kappa shape index (κ3) is 4.02. The van der Waals surface area contributed by atoms with Gasteiger partial charge in [-0.2, -0.15) is 0 Å². The molecule has 6 heteroatoms. The lowest BCUT2D eigenvalue weighted by atomic mass is 10.1. The van der Waals surface area contributed by atoms with E-state index in [1.54, 1.807) is 14.2 Å². The number of hydrogen-bond acceptors (Lipinski definition) is 4. The molecular formula is C16H35O4Si2. The highest BCUT2D eigenvalue weighted by Gasteiger charge is 2.57. The van der Waals surface area contributed by atoms with E-state index < -0.39 is 22.6 Å². The van der Waals surface area contributed by atoms with Gasteiger partial charge in [0.25, 0.3) is 14.3 Å². The normalized spacial score (nSPS) is 16.5. The van der Waals surface area contributed by atoms with Crippen LogP contribution in [0.3, 0.4) is 0 Å². The van der Waals surface area contributed by atoms with Crippen LogP contribution in [0.15, 0.2) is 0 Å². The zero-order valence-electron chi connectivity index (χ0n) is 16.3. The van der Waals surface area contributed by atoms with Gasteiger partial charge in [0.1, 0.15) is 5.04 Å². The Morgan fingerprint density at radius 2 is 1.32 bits per heavy atom. The molecule has 0 aromatic carbocycles. The van der Waals surface area contributed by atoms with Gasteiger partial charge in [-0.3, -0.25) is 4.79 Å². The summed E-state index contributed by atoms with van der Waals surface area (Å²) < 4.78 is 17.2. The van der Waals surface area contributed by atoms with Crippen molar-refractivity contribution >= 4 is 23.6 Å². The minimum atomic E-state index is -2.36. The standard InChI is InChI=1S/C16H35O4Si2/c1-12-16(8,21(18-9)19-10)13(17)20-22(11,14(2,3)4)15(5,6)7/h12H2,1-11H3. The summed E-state index contributed by atoms with van der Waals surface area (Å²) in [5, 5.41) is -0.815. The van der Waals surface area contributed by atoms with E-state index in [1.807, 2.05) is 13.8 Å². The van der Waals surface area contributed by atoms with Crippen molar-refractivity contribution in [2.75, 3.05) is 14.2 Å². The molecule has 0 bridgehead atoms. The van der Waals surface area contributed by atoms with Crippen LogP contribution in [0, 0.1) is 0 Å². The van der Waals surface area contributed by atoms with Crippen LogP contribution in [0.25, 0.3) is 0 Å². The Labute approximate surface area is 139 Å². The monoisotopic (exact) mass is 347 g/mol. The van der Waals surface area contributed by atoms with Crippen LogP contribution in [0.1, 0.15) is 61.8 Å². The van der Waals surface area contributed by atoms with E-state index in [1.165, 1.54) is 0 Å². The zero-order chi connectivity index (χ0) is 18.0. The van der Waals surface area contributed by atoms with Gasteiger partial charge in [0.15, 0.2) is 0 Å². The summed E-state index contributed by atoms with van der Waals surface area (Å²) in [5.74, 6) is -0.174. The highest BCUT2D eigenvalue weighted by atomic mass is 28.4. The molecule has 22 heavy (non-hydrogen) atoms. The van der Waals surface area contributed by atoms with Gasteiger partial charge in [0.2, 0.25) is 0 Å². The molecule has 0 spiro atoms. The molecule has 0 rings (SSSR count). The van der Waals surface area contributed by atoms with E-state index >= 15 is 0 Å². The molecule has 0 aromatic heterocycles. The van der Waals surface area contributed by atoms with Crippen LogP contribution in [0.4, 0.5) is 0 Å². The molecule has 131 valence electrons. The van der Waals surface area contributed by atoms with Crippen LogP contribution in [-0.4, -0.2) is 37.8 Å².